The Kier molecular flexibility index (Phi) is 3.85. The molecule has 3 atom stereocenters. The fraction of sp³-hybridized carbons (Fsp3) is 0.600. The molecule has 2 rings (SSSR count). The Morgan fingerprint density at radius 3 is 2.59 bits per heavy atom. The van der Waals surface area contributed by atoms with Crippen LogP contribution in [0.25, 0.3) is 0 Å². The summed E-state index contributed by atoms with van der Waals surface area (Å²) in [5, 5.41) is 3.45. The molecule has 0 amide bonds. The van der Waals surface area contributed by atoms with Crippen LogP contribution in [0.2, 0.25) is 0 Å². The van der Waals surface area contributed by atoms with Crippen molar-refractivity contribution in [1.82, 2.24) is 5.32 Å². The fourth-order valence-electron chi connectivity index (χ4n) is 2.72. The van der Waals surface area contributed by atoms with E-state index < -0.39 is 0 Å². The van der Waals surface area contributed by atoms with Crippen LogP contribution < -0.4 is 5.32 Å². The van der Waals surface area contributed by atoms with Crippen molar-refractivity contribution in [3.63, 3.8) is 0 Å². The maximum absolute atomic E-state index is 5.68. The molecule has 1 aromatic rings. The number of nitrogens with one attached hydrogen (secondary N) is 1. The summed E-state index contributed by atoms with van der Waals surface area (Å²) in [5.41, 5.74) is 4.12. The van der Waals surface area contributed by atoms with E-state index in [1.165, 1.54) is 16.7 Å². The number of aryl methyl sites for hydroxylation is 2. The van der Waals surface area contributed by atoms with E-state index in [2.05, 4.69) is 44.3 Å². The van der Waals surface area contributed by atoms with Crippen LogP contribution >= 0.6 is 0 Å². The molecule has 0 spiro atoms. The summed E-state index contributed by atoms with van der Waals surface area (Å²) in [7, 11) is 2.04. The van der Waals surface area contributed by atoms with Gasteiger partial charge >= 0.3 is 0 Å². The first kappa shape index (κ1) is 12.6. The summed E-state index contributed by atoms with van der Waals surface area (Å²) in [6.07, 6.45) is 1.56. The van der Waals surface area contributed by atoms with E-state index in [-0.39, 0.29) is 0 Å². The van der Waals surface area contributed by atoms with Gasteiger partial charge in [0.05, 0.1) is 12.7 Å². The quantitative estimate of drug-likeness (QED) is 0.866. The summed E-state index contributed by atoms with van der Waals surface area (Å²) in [6.45, 7) is 7.38. The maximum Gasteiger partial charge on any atom is 0.0551 e. The maximum atomic E-state index is 5.68. The minimum absolute atomic E-state index is 0.405. The van der Waals surface area contributed by atoms with Gasteiger partial charge in [-0.25, -0.2) is 0 Å². The largest absolute Gasteiger partial charge is 0.378 e. The van der Waals surface area contributed by atoms with Crippen LogP contribution in [0.4, 0.5) is 0 Å². The SMILES string of the molecule is CNC(c1ccc(C)c(C)c1)C1COC(C)C1. The molecular formula is C15H23NO. The Labute approximate surface area is 104 Å². The number of hydrogen-bond acceptors (Lipinski definition) is 2. The van der Waals surface area contributed by atoms with Crippen LogP contribution in [0.15, 0.2) is 18.2 Å². The first-order valence-electron chi connectivity index (χ1n) is 6.48. The van der Waals surface area contributed by atoms with E-state index >= 15 is 0 Å². The molecule has 1 saturated heterocycles. The first-order valence-corrected chi connectivity index (χ1v) is 6.48. The molecule has 2 heteroatoms. The average Bonchev–Trinajstić information content (AvgIpc) is 2.71. The van der Waals surface area contributed by atoms with Gasteiger partial charge < -0.3 is 10.1 Å². The van der Waals surface area contributed by atoms with Crippen molar-refractivity contribution >= 4 is 0 Å². The van der Waals surface area contributed by atoms with Gasteiger partial charge in [0.1, 0.15) is 0 Å². The van der Waals surface area contributed by atoms with E-state index in [1.54, 1.807) is 0 Å². The molecule has 3 unspecified atom stereocenters. The predicted molar refractivity (Wildman–Crippen MR) is 71.2 cm³/mol. The van der Waals surface area contributed by atoms with Gasteiger partial charge in [0, 0.05) is 12.0 Å². The Morgan fingerprint density at radius 2 is 2.06 bits per heavy atom. The molecule has 0 aliphatic carbocycles. The minimum Gasteiger partial charge on any atom is -0.378 e. The van der Waals surface area contributed by atoms with Gasteiger partial charge in [-0.2, -0.15) is 0 Å². The van der Waals surface area contributed by atoms with Gasteiger partial charge in [0.25, 0.3) is 0 Å². The van der Waals surface area contributed by atoms with Gasteiger partial charge in [-0.3, -0.25) is 0 Å². The zero-order valence-corrected chi connectivity index (χ0v) is 11.3. The van der Waals surface area contributed by atoms with Crippen LogP contribution in [0, 0.1) is 19.8 Å². The lowest BCUT2D eigenvalue weighted by molar-refractivity contribution is 0.117. The zero-order valence-electron chi connectivity index (χ0n) is 11.3. The van der Waals surface area contributed by atoms with Crippen molar-refractivity contribution in [3.05, 3.63) is 34.9 Å². The van der Waals surface area contributed by atoms with Crippen LogP contribution in [-0.2, 0) is 4.74 Å². The van der Waals surface area contributed by atoms with Gasteiger partial charge in [-0.05, 0) is 50.9 Å². The number of ether oxygens (including phenoxy) is 1. The Bertz CT molecular complexity index is 389. The number of benzene rings is 1. The van der Waals surface area contributed by atoms with Crippen molar-refractivity contribution in [2.45, 2.75) is 39.3 Å². The molecule has 94 valence electrons. The van der Waals surface area contributed by atoms with Crippen LogP contribution in [0.5, 0.6) is 0 Å². The summed E-state index contributed by atoms with van der Waals surface area (Å²) in [6, 6.07) is 7.18. The molecule has 1 aliphatic rings. The monoisotopic (exact) mass is 233 g/mol. The van der Waals surface area contributed by atoms with E-state index in [0.29, 0.717) is 18.1 Å². The lowest BCUT2D eigenvalue weighted by Gasteiger charge is -2.23. The third-order valence-electron chi connectivity index (χ3n) is 3.90. The van der Waals surface area contributed by atoms with E-state index in [1.807, 2.05) is 7.05 Å². The standard InChI is InChI=1S/C15H23NO/c1-10-5-6-13(7-11(10)2)15(16-4)14-8-12(3)17-9-14/h5-7,12,14-16H,8-9H2,1-4H3. The van der Waals surface area contributed by atoms with Gasteiger partial charge in [0.2, 0.25) is 0 Å². The van der Waals surface area contributed by atoms with Crippen molar-refractivity contribution in [3.8, 4) is 0 Å². The average molecular weight is 233 g/mol. The molecule has 1 N–H and O–H groups in total. The molecule has 1 fully saturated rings. The second-order valence-corrected chi connectivity index (χ2v) is 5.25. The van der Waals surface area contributed by atoms with Crippen molar-refractivity contribution in [1.29, 1.82) is 0 Å². The molecule has 1 aromatic carbocycles. The summed E-state index contributed by atoms with van der Waals surface area (Å²) < 4.78 is 5.68. The van der Waals surface area contributed by atoms with Crippen LogP contribution in [0.1, 0.15) is 36.1 Å². The third-order valence-corrected chi connectivity index (χ3v) is 3.90. The fourth-order valence-corrected chi connectivity index (χ4v) is 2.72. The highest BCUT2D eigenvalue weighted by Crippen LogP contribution is 2.32. The molecule has 0 aromatic heterocycles. The number of rotatable bonds is 3. The molecule has 0 bridgehead atoms. The second kappa shape index (κ2) is 5.19. The summed E-state index contributed by atoms with van der Waals surface area (Å²) in [4.78, 5) is 0. The normalized spacial score (nSPS) is 26.1. The van der Waals surface area contributed by atoms with Gasteiger partial charge in [0.15, 0.2) is 0 Å². The Balaban J connectivity index is 2.20. The smallest absolute Gasteiger partial charge is 0.0551 e. The van der Waals surface area contributed by atoms with Crippen LogP contribution in [0.3, 0.4) is 0 Å². The van der Waals surface area contributed by atoms with Crippen molar-refractivity contribution in [2.75, 3.05) is 13.7 Å². The van der Waals surface area contributed by atoms with E-state index in [4.69, 9.17) is 4.74 Å². The van der Waals surface area contributed by atoms with Crippen molar-refractivity contribution < 1.29 is 4.74 Å². The minimum atomic E-state index is 0.405. The first-order chi connectivity index (χ1) is 8.11. The molecule has 1 heterocycles. The lowest BCUT2D eigenvalue weighted by atomic mass is 9.89. The number of hydrogen-bond donors (Lipinski definition) is 1. The van der Waals surface area contributed by atoms with E-state index in [0.717, 1.165) is 13.0 Å². The second-order valence-electron chi connectivity index (χ2n) is 5.25. The molecule has 1 aliphatic heterocycles. The molecule has 0 radical (unpaired) electrons. The molecule has 2 nitrogen and oxygen atoms in total. The summed E-state index contributed by atoms with van der Waals surface area (Å²) >= 11 is 0. The highest BCUT2D eigenvalue weighted by Gasteiger charge is 2.29. The van der Waals surface area contributed by atoms with E-state index in [9.17, 15) is 0 Å². The Morgan fingerprint density at radius 1 is 1.29 bits per heavy atom. The summed E-state index contributed by atoms with van der Waals surface area (Å²) in [5.74, 6) is 0.595. The van der Waals surface area contributed by atoms with Crippen molar-refractivity contribution in [2.24, 2.45) is 5.92 Å². The van der Waals surface area contributed by atoms with Gasteiger partial charge in [-0.1, -0.05) is 18.2 Å². The highest BCUT2D eigenvalue weighted by molar-refractivity contribution is 5.32. The van der Waals surface area contributed by atoms with Crippen LogP contribution in [-0.4, -0.2) is 19.8 Å². The third kappa shape index (κ3) is 2.70. The predicted octanol–water partition coefficient (Wildman–Crippen LogP) is 2.99. The zero-order chi connectivity index (χ0) is 12.4. The van der Waals surface area contributed by atoms with Gasteiger partial charge in [-0.15, -0.1) is 0 Å². The molecule has 0 saturated carbocycles. The Hall–Kier alpha value is -0.860. The molecular weight excluding hydrogens is 210 g/mol. The highest BCUT2D eigenvalue weighted by atomic mass is 16.5. The topological polar surface area (TPSA) is 21.3 Å². The lowest BCUT2D eigenvalue weighted by Crippen LogP contribution is -2.25. The molecule has 17 heavy (non-hydrogen) atoms.